The summed E-state index contributed by atoms with van der Waals surface area (Å²) in [7, 11) is 4.43. The minimum Gasteiger partial charge on any atom is -0.313 e. The third kappa shape index (κ3) is 3.46. The van der Waals surface area contributed by atoms with Gasteiger partial charge in [-0.1, -0.05) is 19.3 Å². The van der Waals surface area contributed by atoms with E-state index in [2.05, 4.69) is 24.3 Å². The van der Waals surface area contributed by atoms with Crippen LogP contribution in [-0.2, 0) is 0 Å². The van der Waals surface area contributed by atoms with Crippen molar-refractivity contribution in [3.63, 3.8) is 0 Å². The van der Waals surface area contributed by atoms with Gasteiger partial charge in [-0.15, -0.1) is 0 Å². The van der Waals surface area contributed by atoms with Crippen LogP contribution in [0.3, 0.4) is 0 Å². The van der Waals surface area contributed by atoms with Crippen LogP contribution < -0.4 is 5.32 Å². The maximum Gasteiger partial charge on any atom is 0.00684 e. The quantitative estimate of drug-likeness (QED) is 0.749. The van der Waals surface area contributed by atoms with Crippen molar-refractivity contribution in [3.05, 3.63) is 0 Å². The molecule has 0 spiro atoms. The summed E-state index contributed by atoms with van der Waals surface area (Å²) in [6, 6.07) is 0.867. The van der Waals surface area contributed by atoms with Crippen LogP contribution in [0.5, 0.6) is 0 Å². The van der Waals surface area contributed by atoms with Crippen molar-refractivity contribution >= 4 is 0 Å². The Hall–Kier alpha value is -0.0800. The predicted molar refractivity (Wildman–Crippen MR) is 65.1 cm³/mol. The zero-order chi connectivity index (χ0) is 10.7. The number of rotatable bonds is 5. The molecule has 2 heteroatoms. The molecular formula is C13H26N2. The fraction of sp³-hybridized carbons (Fsp3) is 1.00. The molecule has 2 saturated carbocycles. The zero-order valence-corrected chi connectivity index (χ0v) is 10.4. The molecule has 2 nitrogen and oxygen atoms in total. The summed E-state index contributed by atoms with van der Waals surface area (Å²) >= 11 is 0. The Morgan fingerprint density at radius 2 is 1.80 bits per heavy atom. The zero-order valence-electron chi connectivity index (χ0n) is 10.4. The Kier molecular flexibility index (Phi) is 3.68. The lowest BCUT2D eigenvalue weighted by molar-refractivity contribution is 0.130. The van der Waals surface area contributed by atoms with E-state index in [1.165, 1.54) is 58.0 Å². The lowest BCUT2D eigenvalue weighted by atomic mass is 9.73. The summed E-state index contributed by atoms with van der Waals surface area (Å²) in [6.07, 6.45) is 10.0. The van der Waals surface area contributed by atoms with E-state index >= 15 is 0 Å². The molecule has 0 aromatic carbocycles. The molecule has 15 heavy (non-hydrogen) atoms. The highest BCUT2D eigenvalue weighted by atomic mass is 15.1. The minimum absolute atomic E-state index is 0.588. The second-order valence-corrected chi connectivity index (χ2v) is 5.95. The molecule has 0 aromatic rings. The molecule has 0 heterocycles. The van der Waals surface area contributed by atoms with Crippen LogP contribution in [0.1, 0.15) is 44.9 Å². The minimum atomic E-state index is 0.588. The van der Waals surface area contributed by atoms with Crippen molar-refractivity contribution in [2.45, 2.75) is 51.0 Å². The van der Waals surface area contributed by atoms with Gasteiger partial charge in [0.25, 0.3) is 0 Å². The first kappa shape index (κ1) is 11.4. The van der Waals surface area contributed by atoms with Crippen LogP contribution in [0.25, 0.3) is 0 Å². The summed E-state index contributed by atoms with van der Waals surface area (Å²) in [5.41, 5.74) is 0.588. The molecule has 2 aliphatic rings. The van der Waals surface area contributed by atoms with Gasteiger partial charge in [-0.2, -0.15) is 0 Å². The molecule has 1 N–H and O–H groups in total. The molecule has 0 amide bonds. The number of nitrogens with one attached hydrogen (secondary N) is 1. The highest BCUT2D eigenvalue weighted by molar-refractivity contribution is 4.90. The SMILES string of the molecule is CN(C)CC1(CNC2CC2)CCCCC1. The fourth-order valence-electron chi connectivity index (χ4n) is 3.01. The molecule has 0 aliphatic heterocycles. The molecule has 0 aromatic heterocycles. The van der Waals surface area contributed by atoms with Crippen LogP contribution in [0.2, 0.25) is 0 Å². The maximum atomic E-state index is 3.75. The molecular weight excluding hydrogens is 184 g/mol. The first-order chi connectivity index (χ1) is 7.20. The first-order valence-electron chi connectivity index (χ1n) is 6.58. The molecule has 0 bridgehead atoms. The first-order valence-corrected chi connectivity index (χ1v) is 6.58. The molecule has 0 atom stereocenters. The van der Waals surface area contributed by atoms with Crippen molar-refractivity contribution in [1.29, 1.82) is 0 Å². The van der Waals surface area contributed by atoms with Crippen LogP contribution >= 0.6 is 0 Å². The van der Waals surface area contributed by atoms with E-state index in [1.54, 1.807) is 0 Å². The van der Waals surface area contributed by atoms with Gasteiger partial charge in [-0.05, 0) is 45.2 Å². The Morgan fingerprint density at radius 3 is 2.33 bits per heavy atom. The fourth-order valence-corrected chi connectivity index (χ4v) is 3.01. The highest BCUT2D eigenvalue weighted by Gasteiger charge is 2.34. The molecule has 0 radical (unpaired) electrons. The average Bonchev–Trinajstić information content (AvgIpc) is 2.99. The van der Waals surface area contributed by atoms with E-state index in [0.29, 0.717) is 5.41 Å². The smallest absolute Gasteiger partial charge is 0.00684 e. The lowest BCUT2D eigenvalue weighted by Crippen LogP contribution is -2.43. The normalized spacial score (nSPS) is 25.8. The summed E-state index contributed by atoms with van der Waals surface area (Å²) < 4.78 is 0. The standard InChI is InChI=1S/C13H26N2/c1-15(2)11-13(8-4-3-5-9-13)10-14-12-6-7-12/h12,14H,3-11H2,1-2H3. The van der Waals surface area contributed by atoms with Gasteiger partial charge in [-0.3, -0.25) is 0 Å². The van der Waals surface area contributed by atoms with Gasteiger partial charge in [0.2, 0.25) is 0 Å². The summed E-state index contributed by atoms with van der Waals surface area (Å²) in [4.78, 5) is 2.37. The van der Waals surface area contributed by atoms with Gasteiger partial charge < -0.3 is 10.2 Å². The number of nitrogens with zero attached hydrogens (tertiary/aromatic N) is 1. The van der Waals surface area contributed by atoms with Crippen molar-refractivity contribution in [2.75, 3.05) is 27.2 Å². The molecule has 88 valence electrons. The largest absolute Gasteiger partial charge is 0.313 e. The van der Waals surface area contributed by atoms with Gasteiger partial charge in [0.1, 0.15) is 0 Å². The summed E-state index contributed by atoms with van der Waals surface area (Å²) in [6.45, 7) is 2.53. The second-order valence-electron chi connectivity index (χ2n) is 5.95. The molecule has 2 rings (SSSR count). The van der Waals surface area contributed by atoms with Crippen LogP contribution in [0, 0.1) is 5.41 Å². The molecule has 2 aliphatic carbocycles. The van der Waals surface area contributed by atoms with Gasteiger partial charge in [-0.25, -0.2) is 0 Å². The second kappa shape index (κ2) is 4.84. The van der Waals surface area contributed by atoms with Gasteiger partial charge in [0.15, 0.2) is 0 Å². The Bertz CT molecular complexity index is 191. The van der Waals surface area contributed by atoms with Crippen LogP contribution in [0.15, 0.2) is 0 Å². The van der Waals surface area contributed by atoms with Crippen molar-refractivity contribution in [1.82, 2.24) is 10.2 Å². The third-order valence-corrected chi connectivity index (χ3v) is 3.91. The van der Waals surface area contributed by atoms with Crippen LogP contribution in [0.4, 0.5) is 0 Å². The molecule has 0 unspecified atom stereocenters. The van der Waals surface area contributed by atoms with Gasteiger partial charge >= 0.3 is 0 Å². The summed E-state index contributed by atoms with van der Waals surface area (Å²) in [5, 5.41) is 3.75. The molecule has 2 fully saturated rings. The Morgan fingerprint density at radius 1 is 1.13 bits per heavy atom. The van der Waals surface area contributed by atoms with Crippen molar-refractivity contribution < 1.29 is 0 Å². The average molecular weight is 210 g/mol. The van der Waals surface area contributed by atoms with E-state index < -0.39 is 0 Å². The monoisotopic (exact) mass is 210 g/mol. The van der Waals surface area contributed by atoms with E-state index in [-0.39, 0.29) is 0 Å². The maximum absolute atomic E-state index is 3.75. The topological polar surface area (TPSA) is 15.3 Å². The lowest BCUT2D eigenvalue weighted by Gasteiger charge is -2.39. The van der Waals surface area contributed by atoms with Gasteiger partial charge in [0.05, 0.1) is 0 Å². The van der Waals surface area contributed by atoms with E-state index in [1.807, 2.05) is 0 Å². The molecule has 0 saturated heterocycles. The summed E-state index contributed by atoms with van der Waals surface area (Å²) in [5.74, 6) is 0. The number of hydrogen-bond acceptors (Lipinski definition) is 2. The van der Waals surface area contributed by atoms with E-state index in [4.69, 9.17) is 0 Å². The van der Waals surface area contributed by atoms with E-state index in [9.17, 15) is 0 Å². The Balaban J connectivity index is 1.86. The van der Waals surface area contributed by atoms with Crippen molar-refractivity contribution in [2.24, 2.45) is 5.41 Å². The number of hydrogen-bond donors (Lipinski definition) is 1. The van der Waals surface area contributed by atoms with E-state index in [0.717, 1.165) is 6.04 Å². The Labute approximate surface area is 94.4 Å². The van der Waals surface area contributed by atoms with Gasteiger partial charge in [0, 0.05) is 19.1 Å². The third-order valence-electron chi connectivity index (χ3n) is 3.91. The predicted octanol–water partition coefficient (Wildman–Crippen LogP) is 2.25. The highest BCUT2D eigenvalue weighted by Crippen LogP contribution is 2.37. The van der Waals surface area contributed by atoms with Crippen molar-refractivity contribution in [3.8, 4) is 0 Å². The van der Waals surface area contributed by atoms with Crippen LogP contribution in [-0.4, -0.2) is 38.1 Å².